The fourth-order valence-corrected chi connectivity index (χ4v) is 2.65. The van der Waals surface area contributed by atoms with Crippen molar-refractivity contribution in [1.29, 1.82) is 0 Å². The normalized spacial score (nSPS) is 10.6. The number of aldehydes is 1. The van der Waals surface area contributed by atoms with E-state index in [1.54, 1.807) is 12.1 Å². The molecule has 6 heteroatoms. The Bertz CT molecular complexity index is 813. The molecule has 0 unspecified atom stereocenters. The molecule has 98 valence electrons. The van der Waals surface area contributed by atoms with Crippen molar-refractivity contribution < 1.29 is 9.72 Å². The van der Waals surface area contributed by atoms with E-state index in [1.165, 1.54) is 23.5 Å². The molecule has 2 aromatic heterocycles. The Morgan fingerprint density at radius 1 is 1.25 bits per heavy atom. The molecule has 2 heterocycles. The van der Waals surface area contributed by atoms with Crippen LogP contribution in [0, 0.1) is 10.1 Å². The van der Waals surface area contributed by atoms with Crippen molar-refractivity contribution >= 4 is 34.2 Å². The lowest BCUT2D eigenvalue weighted by molar-refractivity contribution is -0.384. The minimum Gasteiger partial charge on any atom is -0.298 e. The maximum Gasteiger partial charge on any atom is 0.271 e. The Morgan fingerprint density at radius 3 is 2.75 bits per heavy atom. The molecule has 3 aromatic rings. The van der Waals surface area contributed by atoms with Gasteiger partial charge in [0.2, 0.25) is 0 Å². The van der Waals surface area contributed by atoms with Crippen molar-refractivity contribution in [2.24, 2.45) is 0 Å². The van der Waals surface area contributed by atoms with Crippen LogP contribution in [0.3, 0.4) is 0 Å². The molecule has 0 amide bonds. The lowest BCUT2D eigenvalue weighted by Gasteiger charge is -2.05. The molecule has 0 aliphatic carbocycles. The summed E-state index contributed by atoms with van der Waals surface area (Å²) in [5, 5.41) is 15.3. The fraction of sp³-hybridized carbons (Fsp3) is 0. The van der Waals surface area contributed by atoms with Gasteiger partial charge in [-0.3, -0.25) is 14.9 Å². The number of fused-ring (bicyclic) bond motifs is 1. The third-order valence-corrected chi connectivity index (χ3v) is 3.65. The monoisotopic (exact) mass is 284 g/mol. The molecule has 0 fully saturated rings. The quantitative estimate of drug-likeness (QED) is 0.417. The standard InChI is InChI=1S/C14H8N2O3S/c17-7-11-5-9-1-2-12(16(18)19)6-13(9)15-14(11)10-3-4-20-8-10/h1-8H. The summed E-state index contributed by atoms with van der Waals surface area (Å²) in [6.07, 6.45) is 0.751. The van der Waals surface area contributed by atoms with Crippen molar-refractivity contribution in [3.8, 4) is 11.3 Å². The summed E-state index contributed by atoms with van der Waals surface area (Å²) < 4.78 is 0. The van der Waals surface area contributed by atoms with Gasteiger partial charge in [-0.1, -0.05) is 0 Å². The number of non-ortho nitro benzene ring substituents is 1. The highest BCUT2D eigenvalue weighted by Crippen LogP contribution is 2.28. The van der Waals surface area contributed by atoms with E-state index >= 15 is 0 Å². The van der Waals surface area contributed by atoms with Crippen LogP contribution in [0.2, 0.25) is 0 Å². The van der Waals surface area contributed by atoms with Gasteiger partial charge in [-0.05, 0) is 23.6 Å². The van der Waals surface area contributed by atoms with Crippen molar-refractivity contribution in [2.75, 3.05) is 0 Å². The first-order valence-electron chi connectivity index (χ1n) is 5.76. The highest BCUT2D eigenvalue weighted by atomic mass is 32.1. The minimum absolute atomic E-state index is 0.0138. The van der Waals surface area contributed by atoms with Crippen molar-refractivity contribution in [3.05, 3.63) is 56.8 Å². The number of carbonyl (C=O) groups is 1. The summed E-state index contributed by atoms with van der Waals surface area (Å²) in [5.74, 6) is 0. The zero-order chi connectivity index (χ0) is 14.1. The van der Waals surface area contributed by atoms with Gasteiger partial charge in [0.25, 0.3) is 5.69 Å². The van der Waals surface area contributed by atoms with Gasteiger partial charge >= 0.3 is 0 Å². The lowest BCUT2D eigenvalue weighted by Crippen LogP contribution is -1.94. The first-order chi connectivity index (χ1) is 9.69. The Balaban J connectivity index is 2.28. The van der Waals surface area contributed by atoms with Crippen LogP contribution in [0.5, 0.6) is 0 Å². The molecule has 0 N–H and O–H groups in total. The van der Waals surface area contributed by atoms with Gasteiger partial charge in [0.05, 0.1) is 16.1 Å². The number of hydrogen-bond acceptors (Lipinski definition) is 5. The molecular formula is C14H8N2O3S. The maximum atomic E-state index is 11.2. The Labute approximate surface area is 117 Å². The first kappa shape index (κ1) is 12.4. The number of carbonyl (C=O) groups excluding carboxylic acids is 1. The van der Waals surface area contributed by atoms with E-state index in [2.05, 4.69) is 4.98 Å². The largest absolute Gasteiger partial charge is 0.298 e. The summed E-state index contributed by atoms with van der Waals surface area (Å²) >= 11 is 1.50. The van der Waals surface area contributed by atoms with Crippen LogP contribution in [0.15, 0.2) is 41.1 Å². The number of pyridine rings is 1. The Hall–Kier alpha value is -2.60. The van der Waals surface area contributed by atoms with Gasteiger partial charge in [0.15, 0.2) is 6.29 Å². The molecule has 5 nitrogen and oxygen atoms in total. The smallest absolute Gasteiger partial charge is 0.271 e. The molecule has 0 aliphatic heterocycles. The molecule has 0 spiro atoms. The third kappa shape index (κ3) is 2.06. The zero-order valence-corrected chi connectivity index (χ0v) is 11.0. The van der Waals surface area contributed by atoms with Gasteiger partial charge in [-0.15, -0.1) is 0 Å². The number of aromatic nitrogens is 1. The molecule has 3 rings (SSSR count). The van der Waals surface area contributed by atoms with Crippen LogP contribution in [-0.2, 0) is 0 Å². The molecule has 0 radical (unpaired) electrons. The second-order valence-electron chi connectivity index (χ2n) is 4.19. The predicted octanol–water partition coefficient (Wildman–Crippen LogP) is 3.68. The van der Waals surface area contributed by atoms with E-state index in [0.29, 0.717) is 22.2 Å². The zero-order valence-electron chi connectivity index (χ0n) is 10.1. The van der Waals surface area contributed by atoms with E-state index in [4.69, 9.17) is 0 Å². The fourth-order valence-electron chi connectivity index (χ4n) is 2.01. The van der Waals surface area contributed by atoms with Gasteiger partial charge in [0, 0.05) is 34.0 Å². The topological polar surface area (TPSA) is 73.1 Å². The van der Waals surface area contributed by atoms with Crippen LogP contribution in [0.25, 0.3) is 22.2 Å². The number of hydrogen-bond donors (Lipinski definition) is 0. The SMILES string of the molecule is O=Cc1cc2ccc([N+](=O)[O-])cc2nc1-c1ccsc1. The van der Waals surface area contributed by atoms with E-state index in [9.17, 15) is 14.9 Å². The number of nitro benzene ring substituents is 1. The first-order valence-corrected chi connectivity index (χ1v) is 6.70. The van der Waals surface area contributed by atoms with Gasteiger partial charge in [-0.2, -0.15) is 11.3 Å². The van der Waals surface area contributed by atoms with Gasteiger partial charge < -0.3 is 0 Å². The average molecular weight is 284 g/mol. The molecular weight excluding hydrogens is 276 g/mol. The number of rotatable bonds is 3. The Kier molecular flexibility index (Phi) is 3.00. The number of benzene rings is 1. The van der Waals surface area contributed by atoms with Crippen LogP contribution < -0.4 is 0 Å². The van der Waals surface area contributed by atoms with E-state index < -0.39 is 4.92 Å². The summed E-state index contributed by atoms with van der Waals surface area (Å²) in [6.45, 7) is 0. The van der Waals surface area contributed by atoms with E-state index in [0.717, 1.165) is 11.8 Å². The number of thiophene rings is 1. The molecule has 0 bridgehead atoms. The third-order valence-electron chi connectivity index (χ3n) is 2.96. The van der Waals surface area contributed by atoms with Gasteiger partial charge in [0.1, 0.15) is 0 Å². The van der Waals surface area contributed by atoms with Gasteiger partial charge in [-0.25, -0.2) is 4.98 Å². The predicted molar refractivity (Wildman–Crippen MR) is 77.1 cm³/mol. The average Bonchev–Trinajstić information content (AvgIpc) is 2.99. The second-order valence-corrected chi connectivity index (χ2v) is 4.97. The molecule has 0 aliphatic rings. The summed E-state index contributed by atoms with van der Waals surface area (Å²) in [5.41, 5.74) is 2.36. The summed E-state index contributed by atoms with van der Waals surface area (Å²) in [4.78, 5) is 25.9. The van der Waals surface area contributed by atoms with E-state index in [-0.39, 0.29) is 5.69 Å². The molecule has 20 heavy (non-hydrogen) atoms. The Morgan fingerprint density at radius 2 is 2.10 bits per heavy atom. The second kappa shape index (κ2) is 4.82. The van der Waals surface area contributed by atoms with Crippen molar-refractivity contribution in [3.63, 3.8) is 0 Å². The molecule has 0 atom stereocenters. The molecule has 1 aromatic carbocycles. The van der Waals surface area contributed by atoms with Crippen LogP contribution in [-0.4, -0.2) is 16.2 Å². The minimum atomic E-state index is -0.459. The van der Waals surface area contributed by atoms with Crippen LogP contribution in [0.1, 0.15) is 10.4 Å². The number of nitro groups is 1. The lowest BCUT2D eigenvalue weighted by atomic mass is 10.1. The van der Waals surface area contributed by atoms with Crippen molar-refractivity contribution in [2.45, 2.75) is 0 Å². The molecule has 0 saturated heterocycles. The highest BCUT2D eigenvalue weighted by Gasteiger charge is 2.12. The van der Waals surface area contributed by atoms with E-state index in [1.807, 2.05) is 16.8 Å². The van der Waals surface area contributed by atoms with Crippen LogP contribution in [0.4, 0.5) is 5.69 Å². The number of nitrogens with zero attached hydrogens (tertiary/aromatic N) is 2. The highest BCUT2D eigenvalue weighted by molar-refractivity contribution is 7.08. The van der Waals surface area contributed by atoms with Crippen LogP contribution >= 0.6 is 11.3 Å². The molecule has 0 saturated carbocycles. The van der Waals surface area contributed by atoms with Crippen molar-refractivity contribution in [1.82, 2.24) is 4.98 Å². The summed E-state index contributed by atoms with van der Waals surface area (Å²) in [6, 6.07) is 7.99. The maximum absolute atomic E-state index is 11.2. The summed E-state index contributed by atoms with van der Waals surface area (Å²) in [7, 11) is 0.